The predicted octanol–water partition coefficient (Wildman–Crippen LogP) is 3.08. The Bertz CT molecular complexity index is 834. The molecule has 0 aliphatic carbocycles. The molecule has 8 heteroatoms. The zero-order valence-corrected chi connectivity index (χ0v) is 15.9. The number of carbonyl (C=O) groups is 2. The lowest BCUT2D eigenvalue weighted by atomic mass is 10.2. The number of benzene rings is 1. The Kier molecular flexibility index (Phi) is 5.41. The van der Waals surface area contributed by atoms with E-state index < -0.39 is 0 Å². The van der Waals surface area contributed by atoms with Crippen molar-refractivity contribution in [1.82, 2.24) is 10.3 Å². The number of hydrogen-bond acceptors (Lipinski definition) is 5. The van der Waals surface area contributed by atoms with Crippen molar-refractivity contribution in [2.24, 2.45) is 0 Å². The topological polar surface area (TPSA) is 83.6 Å². The summed E-state index contributed by atoms with van der Waals surface area (Å²) in [6.45, 7) is 6.97. The van der Waals surface area contributed by atoms with E-state index in [-0.39, 0.29) is 18.5 Å². The first-order valence-electron chi connectivity index (χ1n) is 8.59. The van der Waals surface area contributed by atoms with E-state index in [4.69, 9.17) is 4.74 Å². The highest BCUT2D eigenvalue weighted by molar-refractivity contribution is 7.11. The molecule has 1 aliphatic rings. The molecule has 0 unspecified atom stereocenters. The van der Waals surface area contributed by atoms with E-state index in [1.807, 2.05) is 13.8 Å². The summed E-state index contributed by atoms with van der Waals surface area (Å²) in [4.78, 5) is 31.2. The summed E-state index contributed by atoms with van der Waals surface area (Å²) < 4.78 is 5.48. The molecule has 2 heterocycles. The Balaban J connectivity index is 1.64. The second-order valence-electron chi connectivity index (χ2n) is 5.87. The van der Waals surface area contributed by atoms with Gasteiger partial charge in [-0.3, -0.25) is 4.79 Å². The lowest BCUT2D eigenvalue weighted by Gasteiger charge is -2.28. The number of anilines is 2. The number of amides is 3. The van der Waals surface area contributed by atoms with Gasteiger partial charge in [0.15, 0.2) is 6.61 Å². The van der Waals surface area contributed by atoms with Crippen molar-refractivity contribution in [3.8, 4) is 5.75 Å². The highest BCUT2D eigenvalue weighted by Gasteiger charge is 2.24. The number of carbonyl (C=O) groups excluding carboxylic acids is 2. The van der Waals surface area contributed by atoms with Gasteiger partial charge in [0.05, 0.1) is 22.9 Å². The molecule has 0 radical (unpaired) electrons. The fraction of sp³-hybridized carbons (Fsp3) is 0.389. The van der Waals surface area contributed by atoms with Gasteiger partial charge in [0.25, 0.3) is 5.91 Å². The molecule has 3 amide bonds. The number of rotatable bonds is 5. The minimum Gasteiger partial charge on any atom is -0.481 e. The molecule has 0 saturated carbocycles. The van der Waals surface area contributed by atoms with Crippen molar-refractivity contribution in [3.63, 3.8) is 0 Å². The van der Waals surface area contributed by atoms with Gasteiger partial charge in [0.1, 0.15) is 5.75 Å². The SMILES string of the molecule is CCc1nc(C)sc1CNC(=O)Nc1ccc2c(c1)OCC(=O)N2CC. The Morgan fingerprint density at radius 3 is 2.92 bits per heavy atom. The molecule has 138 valence electrons. The summed E-state index contributed by atoms with van der Waals surface area (Å²) in [6, 6.07) is 4.99. The molecule has 26 heavy (non-hydrogen) atoms. The van der Waals surface area contributed by atoms with Crippen molar-refractivity contribution in [3.05, 3.63) is 33.8 Å². The van der Waals surface area contributed by atoms with E-state index >= 15 is 0 Å². The molecular weight excluding hydrogens is 352 g/mol. The lowest BCUT2D eigenvalue weighted by Crippen LogP contribution is -2.38. The van der Waals surface area contributed by atoms with Crippen molar-refractivity contribution in [2.75, 3.05) is 23.4 Å². The van der Waals surface area contributed by atoms with Crippen LogP contribution in [0.25, 0.3) is 0 Å². The second-order valence-corrected chi connectivity index (χ2v) is 7.16. The maximum Gasteiger partial charge on any atom is 0.319 e. The monoisotopic (exact) mass is 374 g/mol. The molecule has 7 nitrogen and oxygen atoms in total. The number of urea groups is 1. The molecular formula is C18H22N4O3S. The molecule has 0 fully saturated rings. The fourth-order valence-electron chi connectivity index (χ4n) is 2.89. The van der Waals surface area contributed by atoms with Crippen LogP contribution in [0.15, 0.2) is 18.2 Å². The molecule has 1 aromatic carbocycles. The van der Waals surface area contributed by atoms with E-state index in [0.29, 0.717) is 24.5 Å². The smallest absolute Gasteiger partial charge is 0.319 e. The number of nitrogens with zero attached hydrogens (tertiary/aromatic N) is 2. The van der Waals surface area contributed by atoms with Crippen LogP contribution in [0.1, 0.15) is 29.4 Å². The summed E-state index contributed by atoms with van der Waals surface area (Å²) in [5, 5.41) is 6.66. The van der Waals surface area contributed by atoms with Gasteiger partial charge in [0.2, 0.25) is 0 Å². The van der Waals surface area contributed by atoms with Crippen molar-refractivity contribution < 1.29 is 14.3 Å². The van der Waals surface area contributed by atoms with Crippen LogP contribution in [0, 0.1) is 6.92 Å². The normalized spacial score (nSPS) is 13.2. The quantitative estimate of drug-likeness (QED) is 0.842. The van der Waals surface area contributed by atoms with E-state index in [1.165, 1.54) is 0 Å². The molecule has 2 N–H and O–H groups in total. The van der Waals surface area contributed by atoms with Crippen LogP contribution in [0.3, 0.4) is 0 Å². The van der Waals surface area contributed by atoms with Gasteiger partial charge in [-0.2, -0.15) is 0 Å². The highest BCUT2D eigenvalue weighted by Crippen LogP contribution is 2.34. The average molecular weight is 374 g/mol. The third-order valence-electron chi connectivity index (χ3n) is 4.11. The number of likely N-dealkylation sites (N-methyl/N-ethyl adjacent to an activating group) is 1. The van der Waals surface area contributed by atoms with Gasteiger partial charge in [-0.1, -0.05) is 6.92 Å². The Labute approximate surface area is 156 Å². The highest BCUT2D eigenvalue weighted by atomic mass is 32.1. The van der Waals surface area contributed by atoms with Gasteiger partial charge in [-0.05, 0) is 32.4 Å². The predicted molar refractivity (Wildman–Crippen MR) is 102 cm³/mol. The second kappa shape index (κ2) is 7.74. The van der Waals surface area contributed by atoms with Gasteiger partial charge in [-0.25, -0.2) is 9.78 Å². The first kappa shape index (κ1) is 18.2. The summed E-state index contributed by atoms with van der Waals surface area (Å²) in [5.41, 5.74) is 2.37. The van der Waals surface area contributed by atoms with Gasteiger partial charge in [-0.15, -0.1) is 11.3 Å². The molecule has 0 atom stereocenters. The summed E-state index contributed by atoms with van der Waals surface area (Å²) in [7, 11) is 0. The Morgan fingerprint density at radius 2 is 2.19 bits per heavy atom. The minimum atomic E-state index is -0.294. The number of fused-ring (bicyclic) bond motifs is 1. The summed E-state index contributed by atoms with van der Waals surface area (Å²) in [6.07, 6.45) is 0.845. The Hall–Kier alpha value is -2.61. The van der Waals surface area contributed by atoms with Crippen LogP contribution in [0.5, 0.6) is 5.75 Å². The molecule has 2 aromatic rings. The van der Waals surface area contributed by atoms with Crippen molar-refractivity contribution in [1.29, 1.82) is 0 Å². The molecule has 0 bridgehead atoms. The number of aryl methyl sites for hydroxylation is 2. The van der Waals surface area contributed by atoms with E-state index in [2.05, 4.69) is 22.5 Å². The number of ether oxygens (including phenoxy) is 1. The number of aromatic nitrogens is 1. The average Bonchev–Trinajstić information content (AvgIpc) is 3.00. The van der Waals surface area contributed by atoms with Gasteiger partial charge >= 0.3 is 6.03 Å². The lowest BCUT2D eigenvalue weighted by molar-refractivity contribution is -0.121. The fourth-order valence-corrected chi connectivity index (χ4v) is 3.86. The van der Waals surface area contributed by atoms with Crippen LogP contribution >= 0.6 is 11.3 Å². The van der Waals surface area contributed by atoms with E-state index in [1.54, 1.807) is 34.4 Å². The van der Waals surface area contributed by atoms with Crippen LogP contribution in [-0.4, -0.2) is 30.1 Å². The number of nitrogens with one attached hydrogen (secondary N) is 2. The zero-order chi connectivity index (χ0) is 18.7. The van der Waals surface area contributed by atoms with Gasteiger partial charge < -0.3 is 20.3 Å². The molecule has 1 aliphatic heterocycles. The van der Waals surface area contributed by atoms with Crippen LogP contribution in [0.2, 0.25) is 0 Å². The standard InChI is InChI=1S/C18H22N4O3S/c1-4-13-16(26-11(3)20-13)9-19-18(24)21-12-6-7-14-15(8-12)25-10-17(23)22(14)5-2/h6-8H,4-5,9-10H2,1-3H3,(H2,19,21,24). The van der Waals surface area contributed by atoms with Crippen LogP contribution in [-0.2, 0) is 17.8 Å². The van der Waals surface area contributed by atoms with E-state index in [9.17, 15) is 9.59 Å². The summed E-state index contributed by atoms with van der Waals surface area (Å²) in [5.74, 6) is 0.528. The molecule has 1 aromatic heterocycles. The number of thiazole rings is 1. The maximum atomic E-state index is 12.2. The molecule has 0 spiro atoms. The van der Waals surface area contributed by atoms with Gasteiger partial charge in [0, 0.05) is 23.2 Å². The van der Waals surface area contributed by atoms with Crippen molar-refractivity contribution in [2.45, 2.75) is 33.7 Å². The zero-order valence-electron chi connectivity index (χ0n) is 15.1. The Morgan fingerprint density at radius 1 is 1.38 bits per heavy atom. The third-order valence-corrected chi connectivity index (χ3v) is 5.12. The first-order valence-corrected chi connectivity index (χ1v) is 9.40. The molecule has 0 saturated heterocycles. The first-order chi connectivity index (χ1) is 12.5. The summed E-state index contributed by atoms with van der Waals surface area (Å²) >= 11 is 1.60. The minimum absolute atomic E-state index is 0.0149. The largest absolute Gasteiger partial charge is 0.481 e. The molecule has 3 rings (SSSR count). The number of hydrogen-bond donors (Lipinski definition) is 2. The maximum absolute atomic E-state index is 12.2. The van der Waals surface area contributed by atoms with E-state index in [0.717, 1.165) is 27.7 Å². The van der Waals surface area contributed by atoms with Crippen molar-refractivity contribution >= 4 is 34.6 Å². The van der Waals surface area contributed by atoms with Crippen LogP contribution < -0.4 is 20.3 Å². The third kappa shape index (κ3) is 3.80. The van der Waals surface area contributed by atoms with Crippen LogP contribution in [0.4, 0.5) is 16.2 Å².